The van der Waals surface area contributed by atoms with Gasteiger partial charge in [-0.05, 0) is 30.2 Å². The van der Waals surface area contributed by atoms with Crippen LogP contribution in [0.2, 0.25) is 0 Å². The Morgan fingerprint density at radius 3 is 1.58 bits per heavy atom. The van der Waals surface area contributed by atoms with Gasteiger partial charge in [0.25, 0.3) is 0 Å². The second-order valence-electron chi connectivity index (χ2n) is 5.38. The van der Waals surface area contributed by atoms with Crippen molar-refractivity contribution in [2.24, 2.45) is 0 Å². The van der Waals surface area contributed by atoms with Crippen molar-refractivity contribution in [1.82, 2.24) is 0 Å². The Morgan fingerprint density at radius 2 is 1.21 bits per heavy atom. The lowest BCUT2D eigenvalue weighted by atomic mass is 9.80. The molecule has 24 heavy (non-hydrogen) atoms. The highest BCUT2D eigenvalue weighted by Gasteiger charge is 2.71. The highest BCUT2D eigenvalue weighted by atomic mass is 19.4. The van der Waals surface area contributed by atoms with Crippen LogP contribution in [-0.2, 0) is 5.60 Å². The molecule has 0 amide bonds. The fourth-order valence-electron chi connectivity index (χ4n) is 2.36. The van der Waals surface area contributed by atoms with Gasteiger partial charge in [-0.25, -0.2) is 0 Å². The summed E-state index contributed by atoms with van der Waals surface area (Å²) in [6, 6.07) is 9.21. The Kier molecular flexibility index (Phi) is 4.59. The summed E-state index contributed by atoms with van der Waals surface area (Å²) in [7, 11) is 1.32. The van der Waals surface area contributed by atoms with Crippen molar-refractivity contribution in [3.8, 4) is 5.75 Å². The molecule has 0 aliphatic heterocycles. The minimum Gasteiger partial charge on any atom is -0.497 e. The van der Waals surface area contributed by atoms with E-state index < -0.39 is 28.8 Å². The molecule has 0 heterocycles. The molecule has 0 radical (unpaired) electrons. The summed E-state index contributed by atoms with van der Waals surface area (Å²) in [4.78, 5) is 0. The van der Waals surface area contributed by atoms with Crippen molar-refractivity contribution in [3.05, 3.63) is 65.2 Å². The second-order valence-corrected chi connectivity index (χ2v) is 5.38. The van der Waals surface area contributed by atoms with Crippen LogP contribution in [0.1, 0.15) is 16.7 Å². The van der Waals surface area contributed by atoms with Crippen molar-refractivity contribution in [2.45, 2.75) is 24.6 Å². The Balaban J connectivity index is 2.71. The van der Waals surface area contributed by atoms with Crippen LogP contribution in [0.15, 0.2) is 48.5 Å². The van der Waals surface area contributed by atoms with E-state index in [1.807, 2.05) is 0 Å². The number of rotatable bonds is 4. The smallest absolute Gasteiger partial charge is 0.457 e. The van der Waals surface area contributed by atoms with Gasteiger partial charge in [-0.15, -0.1) is 0 Å². The molecule has 2 aromatic carbocycles. The molecule has 0 aromatic heterocycles. The first-order chi connectivity index (χ1) is 11.0. The summed E-state index contributed by atoms with van der Waals surface area (Å²) in [6.07, 6.45) is -5.94. The molecule has 0 fully saturated rings. The van der Waals surface area contributed by atoms with E-state index in [0.717, 1.165) is 24.3 Å². The zero-order chi connectivity index (χ0) is 18.2. The minimum atomic E-state index is -5.94. The van der Waals surface area contributed by atoms with Crippen LogP contribution in [0.4, 0.5) is 22.0 Å². The van der Waals surface area contributed by atoms with Gasteiger partial charge < -0.3 is 9.84 Å². The number of alkyl halides is 5. The molecule has 0 saturated heterocycles. The first-order valence-corrected chi connectivity index (χ1v) is 6.92. The monoisotopic (exact) mass is 346 g/mol. The largest absolute Gasteiger partial charge is 0.497 e. The molecule has 130 valence electrons. The summed E-state index contributed by atoms with van der Waals surface area (Å²) in [5, 5.41) is 10.6. The molecule has 2 aromatic rings. The van der Waals surface area contributed by atoms with Gasteiger partial charge in [-0.3, -0.25) is 0 Å². The quantitative estimate of drug-likeness (QED) is 0.830. The van der Waals surface area contributed by atoms with E-state index in [1.165, 1.54) is 31.4 Å². The fourth-order valence-corrected chi connectivity index (χ4v) is 2.36. The Labute approximate surface area is 135 Å². The van der Waals surface area contributed by atoms with Crippen molar-refractivity contribution in [2.75, 3.05) is 7.11 Å². The third kappa shape index (κ3) is 2.84. The maximum absolute atomic E-state index is 14.2. The molecule has 2 nitrogen and oxygen atoms in total. The summed E-state index contributed by atoms with van der Waals surface area (Å²) < 4.78 is 72.3. The molecule has 2 rings (SSSR count). The lowest BCUT2D eigenvalue weighted by Gasteiger charge is -2.37. The standard InChI is InChI=1S/C17H15F5O2/c1-11-3-5-12(6-4-11)15(23,16(18,19)17(20,21)22)13-7-9-14(24-2)10-8-13/h3-10,23H,1-2H3. The Hall–Kier alpha value is -2.15. The summed E-state index contributed by atoms with van der Waals surface area (Å²) in [5.41, 5.74) is -4.05. The number of hydrogen-bond acceptors (Lipinski definition) is 2. The summed E-state index contributed by atoms with van der Waals surface area (Å²) in [6.45, 7) is 1.65. The molecule has 0 saturated carbocycles. The number of aliphatic hydroxyl groups is 1. The lowest BCUT2D eigenvalue weighted by Crippen LogP contribution is -2.55. The predicted octanol–water partition coefficient (Wildman–Crippen LogP) is 4.44. The van der Waals surface area contributed by atoms with Gasteiger partial charge in [-0.1, -0.05) is 42.0 Å². The first-order valence-electron chi connectivity index (χ1n) is 6.92. The van der Waals surface area contributed by atoms with Crippen LogP contribution in [-0.4, -0.2) is 24.3 Å². The molecule has 0 aliphatic carbocycles. The molecule has 0 bridgehead atoms. The Bertz CT molecular complexity index is 692. The van der Waals surface area contributed by atoms with E-state index in [4.69, 9.17) is 4.74 Å². The van der Waals surface area contributed by atoms with Gasteiger partial charge in [0.15, 0.2) is 5.60 Å². The van der Waals surface area contributed by atoms with Gasteiger partial charge in [0.2, 0.25) is 0 Å². The average Bonchev–Trinajstić information content (AvgIpc) is 2.53. The van der Waals surface area contributed by atoms with Crippen molar-refractivity contribution < 1.29 is 31.8 Å². The second kappa shape index (κ2) is 6.05. The Morgan fingerprint density at radius 1 is 0.792 bits per heavy atom. The molecular weight excluding hydrogens is 331 g/mol. The number of ether oxygens (including phenoxy) is 1. The molecule has 0 spiro atoms. The van der Waals surface area contributed by atoms with Crippen LogP contribution in [0.25, 0.3) is 0 Å². The van der Waals surface area contributed by atoms with Crippen LogP contribution in [0.3, 0.4) is 0 Å². The van der Waals surface area contributed by atoms with Crippen LogP contribution in [0.5, 0.6) is 5.75 Å². The van der Waals surface area contributed by atoms with Crippen molar-refractivity contribution in [1.29, 1.82) is 0 Å². The van der Waals surface area contributed by atoms with E-state index >= 15 is 0 Å². The summed E-state index contributed by atoms with van der Waals surface area (Å²) in [5.74, 6) is -5.13. The number of halogens is 5. The van der Waals surface area contributed by atoms with Gasteiger partial charge >= 0.3 is 12.1 Å². The molecule has 1 atom stereocenters. The molecular formula is C17H15F5O2. The van der Waals surface area contributed by atoms with Crippen LogP contribution >= 0.6 is 0 Å². The van der Waals surface area contributed by atoms with Crippen molar-refractivity contribution in [3.63, 3.8) is 0 Å². The molecule has 0 aliphatic rings. The van der Waals surface area contributed by atoms with E-state index in [-0.39, 0.29) is 5.75 Å². The molecule has 1 unspecified atom stereocenters. The van der Waals surface area contributed by atoms with Crippen molar-refractivity contribution >= 4 is 0 Å². The number of hydrogen-bond donors (Lipinski definition) is 1. The SMILES string of the molecule is COc1ccc(C(O)(c2ccc(C)cc2)C(F)(F)C(F)(F)F)cc1. The van der Waals surface area contributed by atoms with Gasteiger partial charge in [0.05, 0.1) is 7.11 Å². The van der Waals surface area contributed by atoms with E-state index in [9.17, 15) is 27.1 Å². The third-order valence-corrected chi connectivity index (χ3v) is 3.79. The highest BCUT2D eigenvalue weighted by molar-refractivity contribution is 5.42. The number of methoxy groups -OCH3 is 1. The summed E-state index contributed by atoms with van der Waals surface area (Å²) >= 11 is 0. The topological polar surface area (TPSA) is 29.5 Å². The predicted molar refractivity (Wildman–Crippen MR) is 78.2 cm³/mol. The zero-order valence-corrected chi connectivity index (χ0v) is 12.9. The maximum atomic E-state index is 14.2. The number of benzene rings is 2. The van der Waals surface area contributed by atoms with E-state index in [0.29, 0.717) is 5.56 Å². The van der Waals surface area contributed by atoms with E-state index in [2.05, 4.69) is 0 Å². The lowest BCUT2D eigenvalue weighted by molar-refractivity contribution is -0.336. The van der Waals surface area contributed by atoms with Crippen LogP contribution in [0, 0.1) is 6.92 Å². The third-order valence-electron chi connectivity index (χ3n) is 3.79. The van der Waals surface area contributed by atoms with Crippen LogP contribution < -0.4 is 4.74 Å². The fraction of sp³-hybridized carbons (Fsp3) is 0.294. The average molecular weight is 346 g/mol. The highest BCUT2D eigenvalue weighted by Crippen LogP contribution is 2.51. The molecule has 1 N–H and O–H groups in total. The maximum Gasteiger partial charge on any atom is 0.457 e. The van der Waals surface area contributed by atoms with Gasteiger partial charge in [0.1, 0.15) is 5.75 Å². The number of aryl methyl sites for hydroxylation is 1. The minimum absolute atomic E-state index is 0.264. The van der Waals surface area contributed by atoms with E-state index in [1.54, 1.807) is 6.92 Å². The first kappa shape index (κ1) is 18.2. The van der Waals surface area contributed by atoms with Gasteiger partial charge in [0, 0.05) is 0 Å². The zero-order valence-electron chi connectivity index (χ0n) is 12.9. The normalized spacial score (nSPS) is 15.0. The molecule has 7 heteroatoms. The van der Waals surface area contributed by atoms with Gasteiger partial charge in [-0.2, -0.15) is 22.0 Å².